The Morgan fingerprint density at radius 3 is 2.38 bits per heavy atom. The van der Waals surface area contributed by atoms with Gasteiger partial charge in [-0.15, -0.1) is 0 Å². The van der Waals surface area contributed by atoms with Crippen LogP contribution in [0, 0.1) is 10.1 Å². The van der Waals surface area contributed by atoms with Gasteiger partial charge in [-0.25, -0.2) is 4.79 Å². The normalized spacial score (nSPS) is 11.1. The zero-order valence-electron chi connectivity index (χ0n) is 12.5. The highest BCUT2D eigenvalue weighted by atomic mass is 35.5. The molecule has 0 aromatic heterocycles. The Bertz CT molecular complexity index is 915. The molecule has 0 radical (unpaired) electrons. The second-order valence-electron chi connectivity index (χ2n) is 4.91. The quantitative estimate of drug-likeness (QED) is 0.602. The number of aromatic carboxylic acids is 1. The van der Waals surface area contributed by atoms with Gasteiger partial charge in [0.1, 0.15) is 5.56 Å². The molecule has 0 atom stereocenters. The van der Waals surface area contributed by atoms with Crippen molar-refractivity contribution in [2.24, 2.45) is 0 Å². The number of benzene rings is 2. The molecule has 0 bridgehead atoms. The van der Waals surface area contributed by atoms with Crippen LogP contribution in [0.3, 0.4) is 0 Å². The minimum atomic E-state index is -4.77. The topological polar surface area (TPSA) is 110 Å². The average Bonchev–Trinajstić information content (AvgIpc) is 2.54. The number of carboxylic acid groups (broad SMARTS) is 1. The molecule has 11 heteroatoms. The van der Waals surface area contributed by atoms with E-state index in [-0.39, 0.29) is 5.69 Å². The van der Waals surface area contributed by atoms with E-state index in [2.05, 4.69) is 5.32 Å². The first-order valence-corrected chi connectivity index (χ1v) is 7.09. The lowest BCUT2D eigenvalue weighted by atomic mass is 10.0. The van der Waals surface area contributed by atoms with Gasteiger partial charge in [0.05, 0.1) is 21.1 Å². The molecule has 2 N–H and O–H groups in total. The maximum Gasteiger partial charge on any atom is 0.417 e. The molecular weight excluding hydrogens is 381 g/mol. The molecule has 0 fully saturated rings. The number of carboxylic acids is 1. The third-order valence-corrected chi connectivity index (χ3v) is 3.56. The van der Waals surface area contributed by atoms with Crippen LogP contribution in [0.1, 0.15) is 26.3 Å². The van der Waals surface area contributed by atoms with Crippen molar-refractivity contribution < 1.29 is 32.8 Å². The number of amides is 1. The highest BCUT2D eigenvalue weighted by Crippen LogP contribution is 2.36. The number of nitro groups is 1. The molecule has 0 saturated carbocycles. The lowest BCUT2D eigenvalue weighted by Crippen LogP contribution is -2.18. The summed E-state index contributed by atoms with van der Waals surface area (Å²) in [7, 11) is 0. The Labute approximate surface area is 148 Å². The maximum absolute atomic E-state index is 12.9. The summed E-state index contributed by atoms with van der Waals surface area (Å²) in [5.41, 5.74) is -3.78. The van der Waals surface area contributed by atoms with E-state index in [1.54, 1.807) is 0 Å². The fraction of sp³-hybridized carbons (Fsp3) is 0.0667. The number of nitrogens with one attached hydrogen (secondary N) is 1. The number of alkyl halides is 3. The van der Waals surface area contributed by atoms with Crippen molar-refractivity contribution >= 4 is 34.9 Å². The largest absolute Gasteiger partial charge is 0.477 e. The van der Waals surface area contributed by atoms with Crippen molar-refractivity contribution in [2.75, 3.05) is 5.32 Å². The van der Waals surface area contributed by atoms with Crippen molar-refractivity contribution in [3.63, 3.8) is 0 Å². The second-order valence-corrected chi connectivity index (χ2v) is 5.32. The number of nitro benzene ring substituents is 1. The van der Waals surface area contributed by atoms with Gasteiger partial charge in [-0.1, -0.05) is 17.7 Å². The third-order valence-electron chi connectivity index (χ3n) is 3.23. The number of nitrogens with zero attached hydrogens (tertiary/aromatic N) is 1. The Kier molecular flexibility index (Phi) is 5.17. The molecule has 0 spiro atoms. The highest BCUT2D eigenvalue weighted by molar-refractivity contribution is 6.31. The zero-order chi connectivity index (χ0) is 19.6. The van der Waals surface area contributed by atoms with Crippen molar-refractivity contribution in [2.45, 2.75) is 6.18 Å². The van der Waals surface area contributed by atoms with Gasteiger partial charge in [0.25, 0.3) is 11.6 Å². The smallest absolute Gasteiger partial charge is 0.417 e. The molecule has 0 saturated heterocycles. The standard InChI is InChI=1S/C15H8ClF3N2O5/c16-10-5-4-7(6-9(10)15(17,18)19)20-13(22)8-2-1-3-11(21(25)26)12(8)14(23)24/h1-6H,(H,20,22)(H,23,24). The van der Waals surface area contributed by atoms with Crippen molar-refractivity contribution in [1.82, 2.24) is 0 Å². The van der Waals surface area contributed by atoms with Gasteiger partial charge in [-0.3, -0.25) is 14.9 Å². The summed E-state index contributed by atoms with van der Waals surface area (Å²) in [6.07, 6.45) is -4.77. The number of halogens is 4. The molecule has 26 heavy (non-hydrogen) atoms. The Morgan fingerprint density at radius 1 is 1.19 bits per heavy atom. The number of carbonyl (C=O) groups excluding carboxylic acids is 1. The van der Waals surface area contributed by atoms with Gasteiger partial charge in [-0.05, 0) is 24.3 Å². The molecule has 2 rings (SSSR count). The van der Waals surface area contributed by atoms with Crippen LogP contribution in [0.5, 0.6) is 0 Å². The molecule has 0 unspecified atom stereocenters. The monoisotopic (exact) mass is 388 g/mol. The minimum absolute atomic E-state index is 0.311. The van der Waals surface area contributed by atoms with Gasteiger partial charge in [0.15, 0.2) is 0 Å². The van der Waals surface area contributed by atoms with E-state index in [1.807, 2.05) is 0 Å². The predicted octanol–water partition coefficient (Wildman–Crippen LogP) is 4.22. The van der Waals surface area contributed by atoms with Crippen LogP contribution < -0.4 is 5.32 Å². The molecule has 0 aliphatic carbocycles. The Hall–Kier alpha value is -3.14. The Morgan fingerprint density at radius 2 is 1.85 bits per heavy atom. The van der Waals surface area contributed by atoms with Gasteiger partial charge >= 0.3 is 12.1 Å². The predicted molar refractivity (Wildman–Crippen MR) is 84.5 cm³/mol. The van der Waals surface area contributed by atoms with Gasteiger partial charge in [-0.2, -0.15) is 13.2 Å². The number of hydrogen-bond acceptors (Lipinski definition) is 4. The molecule has 1 amide bonds. The summed E-state index contributed by atoms with van der Waals surface area (Å²) in [5.74, 6) is -2.85. The Balaban J connectivity index is 2.45. The van der Waals surface area contributed by atoms with E-state index in [0.29, 0.717) is 6.07 Å². The van der Waals surface area contributed by atoms with Gasteiger partial charge < -0.3 is 10.4 Å². The van der Waals surface area contributed by atoms with Crippen LogP contribution in [0.4, 0.5) is 24.5 Å². The van der Waals surface area contributed by atoms with E-state index >= 15 is 0 Å². The summed E-state index contributed by atoms with van der Waals surface area (Å²) in [5, 5.41) is 21.6. The highest BCUT2D eigenvalue weighted by Gasteiger charge is 2.34. The summed E-state index contributed by atoms with van der Waals surface area (Å²) >= 11 is 5.47. The maximum atomic E-state index is 12.9. The number of anilines is 1. The minimum Gasteiger partial charge on any atom is -0.477 e. The lowest BCUT2D eigenvalue weighted by molar-refractivity contribution is -0.385. The SMILES string of the molecule is O=C(Nc1ccc(Cl)c(C(F)(F)F)c1)c1cccc([N+](=O)[O-])c1C(=O)O. The lowest BCUT2D eigenvalue weighted by Gasteiger charge is -2.12. The van der Waals surface area contributed by atoms with E-state index in [9.17, 15) is 32.9 Å². The van der Waals surface area contributed by atoms with E-state index in [4.69, 9.17) is 16.7 Å². The molecule has 0 heterocycles. The average molecular weight is 389 g/mol. The van der Waals surface area contributed by atoms with E-state index in [0.717, 1.165) is 30.3 Å². The summed E-state index contributed by atoms with van der Waals surface area (Å²) in [6.45, 7) is 0. The van der Waals surface area contributed by atoms with Crippen LogP contribution in [-0.2, 0) is 6.18 Å². The number of rotatable bonds is 4. The molecule has 0 aliphatic rings. The van der Waals surface area contributed by atoms with Crippen LogP contribution in [0.25, 0.3) is 0 Å². The number of carbonyl (C=O) groups is 2. The van der Waals surface area contributed by atoms with Crippen LogP contribution in [-0.4, -0.2) is 21.9 Å². The number of hydrogen-bond donors (Lipinski definition) is 2. The molecule has 2 aromatic carbocycles. The second kappa shape index (κ2) is 7.00. The van der Waals surface area contributed by atoms with Crippen molar-refractivity contribution in [3.8, 4) is 0 Å². The summed E-state index contributed by atoms with van der Waals surface area (Å²) in [6, 6.07) is 5.54. The first kappa shape index (κ1) is 19.2. The van der Waals surface area contributed by atoms with E-state index in [1.165, 1.54) is 0 Å². The molecule has 0 aliphatic heterocycles. The van der Waals surface area contributed by atoms with Crippen LogP contribution in [0.2, 0.25) is 5.02 Å². The summed E-state index contributed by atoms with van der Waals surface area (Å²) in [4.78, 5) is 33.5. The van der Waals surface area contributed by atoms with Crippen molar-refractivity contribution in [1.29, 1.82) is 0 Å². The van der Waals surface area contributed by atoms with E-state index < -0.39 is 50.4 Å². The molecule has 7 nitrogen and oxygen atoms in total. The van der Waals surface area contributed by atoms with Gasteiger partial charge in [0, 0.05) is 11.8 Å². The van der Waals surface area contributed by atoms with Crippen molar-refractivity contribution in [3.05, 3.63) is 68.2 Å². The van der Waals surface area contributed by atoms with Crippen LogP contribution >= 0.6 is 11.6 Å². The molecule has 136 valence electrons. The fourth-order valence-electron chi connectivity index (χ4n) is 2.12. The fourth-order valence-corrected chi connectivity index (χ4v) is 2.35. The zero-order valence-corrected chi connectivity index (χ0v) is 13.3. The first-order chi connectivity index (χ1) is 12.0. The third kappa shape index (κ3) is 3.91. The first-order valence-electron chi connectivity index (χ1n) is 6.71. The molecular formula is C15H8ClF3N2O5. The summed E-state index contributed by atoms with van der Waals surface area (Å²) < 4.78 is 38.6. The van der Waals surface area contributed by atoms with Gasteiger partial charge in [0.2, 0.25) is 0 Å². The van der Waals surface area contributed by atoms with Crippen LogP contribution in [0.15, 0.2) is 36.4 Å². The molecule has 2 aromatic rings.